The molecule has 2 atom stereocenters. The van der Waals surface area contributed by atoms with Gasteiger partial charge in [0.05, 0.1) is 23.1 Å². The van der Waals surface area contributed by atoms with Crippen molar-refractivity contribution >= 4 is 17.5 Å². The number of alkyl halides is 3. The number of benzene rings is 1. The van der Waals surface area contributed by atoms with Crippen LogP contribution in [0.25, 0.3) is 0 Å². The number of nitrogens with zero attached hydrogens (tertiary/aromatic N) is 4. The van der Waals surface area contributed by atoms with Gasteiger partial charge in [0.1, 0.15) is 0 Å². The van der Waals surface area contributed by atoms with Crippen LogP contribution in [0.3, 0.4) is 0 Å². The van der Waals surface area contributed by atoms with E-state index in [0.29, 0.717) is 43.7 Å². The summed E-state index contributed by atoms with van der Waals surface area (Å²) in [4.78, 5) is 32.4. The number of likely N-dealkylation sites (tertiary alicyclic amines) is 1. The number of nitriles is 1. The highest BCUT2D eigenvalue weighted by molar-refractivity contribution is 5.94. The smallest absolute Gasteiger partial charge is 0.370 e. The van der Waals surface area contributed by atoms with Crippen molar-refractivity contribution in [3.63, 3.8) is 0 Å². The minimum atomic E-state index is -4.66. The lowest BCUT2D eigenvalue weighted by Gasteiger charge is -2.36. The van der Waals surface area contributed by atoms with E-state index in [1.807, 2.05) is 0 Å². The van der Waals surface area contributed by atoms with Crippen molar-refractivity contribution in [2.24, 2.45) is 23.5 Å². The molecule has 0 aliphatic carbocycles. The molecule has 2 fully saturated rings. The number of pyridine rings is 1. The third kappa shape index (κ3) is 4.69. The fraction of sp³-hybridized carbons (Fsp3) is 0.417. The topological polar surface area (TPSA) is 103 Å². The number of rotatable bonds is 4. The van der Waals surface area contributed by atoms with Gasteiger partial charge >= 0.3 is 6.18 Å². The van der Waals surface area contributed by atoms with Crippen LogP contribution in [0.15, 0.2) is 42.7 Å². The second kappa shape index (κ2) is 9.33. The number of amides is 2. The van der Waals surface area contributed by atoms with Crippen LogP contribution < -0.4 is 10.6 Å². The molecule has 2 aromatic rings. The SMILES string of the molecule is N#Cc1ccc(N2C[C@@H](C(N)=O)[C@H](C3CCN(C(=O)c4ccncc4)CC3)C2)cc1C(F)(F)F. The molecule has 2 amide bonds. The first kappa shape index (κ1) is 23.5. The van der Waals surface area contributed by atoms with Gasteiger partial charge < -0.3 is 15.5 Å². The van der Waals surface area contributed by atoms with E-state index in [1.165, 1.54) is 6.07 Å². The van der Waals surface area contributed by atoms with Crippen LogP contribution in [0.1, 0.15) is 34.3 Å². The average Bonchev–Trinajstić information content (AvgIpc) is 3.29. The van der Waals surface area contributed by atoms with Gasteiger partial charge in [-0.1, -0.05) is 0 Å². The molecule has 0 saturated carbocycles. The summed E-state index contributed by atoms with van der Waals surface area (Å²) in [6, 6.07) is 8.52. The molecule has 4 rings (SSSR count). The molecule has 7 nitrogen and oxygen atoms in total. The predicted octanol–water partition coefficient (Wildman–Crippen LogP) is 3.06. The van der Waals surface area contributed by atoms with Crippen LogP contribution in [-0.4, -0.2) is 47.9 Å². The Morgan fingerprint density at radius 1 is 1.09 bits per heavy atom. The molecule has 2 aliphatic rings. The maximum Gasteiger partial charge on any atom is 0.417 e. The Hall–Kier alpha value is -3.61. The lowest BCUT2D eigenvalue weighted by atomic mass is 9.78. The highest BCUT2D eigenvalue weighted by Crippen LogP contribution is 2.40. The molecule has 2 aliphatic heterocycles. The van der Waals surface area contributed by atoms with Gasteiger partial charge in [0.2, 0.25) is 5.91 Å². The van der Waals surface area contributed by atoms with E-state index in [2.05, 4.69) is 4.98 Å². The normalized spacial score (nSPS) is 21.4. The number of hydrogen-bond acceptors (Lipinski definition) is 5. The van der Waals surface area contributed by atoms with E-state index in [1.54, 1.807) is 40.4 Å². The summed E-state index contributed by atoms with van der Waals surface area (Å²) in [6.07, 6.45) is -0.159. The van der Waals surface area contributed by atoms with Crippen molar-refractivity contribution in [1.82, 2.24) is 9.88 Å². The fourth-order valence-corrected chi connectivity index (χ4v) is 5.09. The van der Waals surface area contributed by atoms with Gasteiger partial charge in [-0.05, 0) is 55.0 Å². The van der Waals surface area contributed by atoms with Gasteiger partial charge in [-0.15, -0.1) is 0 Å². The number of hydrogen-bond donors (Lipinski definition) is 1. The largest absolute Gasteiger partial charge is 0.417 e. The van der Waals surface area contributed by atoms with E-state index in [4.69, 9.17) is 11.0 Å². The average molecular weight is 471 g/mol. The molecule has 1 aromatic heterocycles. The van der Waals surface area contributed by atoms with Gasteiger partial charge in [0.15, 0.2) is 0 Å². The number of carbonyl (C=O) groups excluding carboxylic acids is 2. The van der Waals surface area contributed by atoms with Crippen molar-refractivity contribution in [3.05, 3.63) is 59.4 Å². The monoisotopic (exact) mass is 471 g/mol. The Kier molecular flexibility index (Phi) is 6.46. The molecular formula is C24H24F3N5O2. The highest BCUT2D eigenvalue weighted by Gasteiger charge is 2.43. The Balaban J connectivity index is 1.48. The molecule has 0 radical (unpaired) electrons. The molecule has 34 heavy (non-hydrogen) atoms. The lowest BCUT2D eigenvalue weighted by Crippen LogP contribution is -2.42. The Labute approximate surface area is 195 Å². The van der Waals surface area contributed by atoms with Crippen LogP contribution in [0.5, 0.6) is 0 Å². The van der Waals surface area contributed by atoms with Crippen molar-refractivity contribution in [3.8, 4) is 6.07 Å². The second-order valence-electron chi connectivity index (χ2n) is 8.78. The molecule has 0 spiro atoms. The zero-order valence-electron chi connectivity index (χ0n) is 18.3. The van der Waals surface area contributed by atoms with E-state index in [9.17, 15) is 22.8 Å². The van der Waals surface area contributed by atoms with Crippen molar-refractivity contribution in [1.29, 1.82) is 5.26 Å². The first-order chi connectivity index (χ1) is 16.2. The first-order valence-corrected chi connectivity index (χ1v) is 11.0. The van der Waals surface area contributed by atoms with Crippen molar-refractivity contribution < 1.29 is 22.8 Å². The summed E-state index contributed by atoms with van der Waals surface area (Å²) in [5.41, 5.74) is 5.12. The summed E-state index contributed by atoms with van der Waals surface area (Å²) in [5.74, 6) is -1.06. The standard InChI is InChI=1S/C24H24F3N5O2/c25-24(26,27)21-11-18(2-1-17(21)12-28)32-13-19(20(14-32)22(29)33)15-5-9-31(10-6-15)23(34)16-3-7-30-8-4-16/h1-4,7-8,11,15,19-20H,5-6,9-10,13-14H2,(H2,29,33)/t19-,20+/m0/s1. The maximum atomic E-state index is 13.4. The molecular weight excluding hydrogens is 447 g/mol. The van der Waals surface area contributed by atoms with E-state index in [0.717, 1.165) is 12.1 Å². The Morgan fingerprint density at radius 2 is 1.76 bits per heavy atom. The van der Waals surface area contributed by atoms with E-state index in [-0.39, 0.29) is 24.3 Å². The highest BCUT2D eigenvalue weighted by atomic mass is 19.4. The molecule has 1 aromatic carbocycles. The van der Waals surface area contributed by atoms with Crippen molar-refractivity contribution in [2.75, 3.05) is 31.1 Å². The summed E-state index contributed by atoms with van der Waals surface area (Å²) in [5, 5.41) is 9.04. The summed E-state index contributed by atoms with van der Waals surface area (Å²) >= 11 is 0. The van der Waals surface area contributed by atoms with Gasteiger partial charge in [-0.2, -0.15) is 18.4 Å². The van der Waals surface area contributed by atoms with Gasteiger partial charge in [-0.3, -0.25) is 14.6 Å². The number of carbonyl (C=O) groups is 2. The summed E-state index contributed by atoms with van der Waals surface area (Å²) in [6.45, 7) is 1.67. The molecule has 0 unspecified atom stereocenters. The number of aromatic nitrogens is 1. The van der Waals surface area contributed by atoms with Gasteiger partial charge in [0, 0.05) is 49.8 Å². The molecule has 3 heterocycles. The Morgan fingerprint density at radius 3 is 2.35 bits per heavy atom. The quantitative estimate of drug-likeness (QED) is 0.738. The van der Waals surface area contributed by atoms with Crippen LogP contribution in [0.4, 0.5) is 18.9 Å². The van der Waals surface area contributed by atoms with Crippen LogP contribution >= 0.6 is 0 Å². The van der Waals surface area contributed by atoms with Crippen LogP contribution in [0.2, 0.25) is 0 Å². The number of halogens is 3. The molecule has 0 bridgehead atoms. The number of primary amides is 1. The predicted molar refractivity (Wildman–Crippen MR) is 117 cm³/mol. The molecule has 178 valence electrons. The fourth-order valence-electron chi connectivity index (χ4n) is 5.09. The minimum absolute atomic E-state index is 0.0717. The number of piperidine rings is 1. The second-order valence-corrected chi connectivity index (χ2v) is 8.78. The molecule has 10 heteroatoms. The van der Waals surface area contributed by atoms with Crippen LogP contribution in [0, 0.1) is 29.1 Å². The number of nitrogens with two attached hydrogens (primary N) is 1. The summed E-state index contributed by atoms with van der Waals surface area (Å²) in [7, 11) is 0. The van der Waals surface area contributed by atoms with E-state index >= 15 is 0 Å². The summed E-state index contributed by atoms with van der Waals surface area (Å²) < 4.78 is 40.3. The molecule has 2 N–H and O–H groups in total. The third-order valence-electron chi connectivity index (χ3n) is 6.88. The van der Waals surface area contributed by atoms with Gasteiger partial charge in [0.25, 0.3) is 5.91 Å². The first-order valence-electron chi connectivity index (χ1n) is 11.0. The maximum absolute atomic E-state index is 13.4. The zero-order chi connectivity index (χ0) is 24.5. The molecule has 2 saturated heterocycles. The van der Waals surface area contributed by atoms with Crippen molar-refractivity contribution in [2.45, 2.75) is 19.0 Å². The number of anilines is 1. The third-order valence-corrected chi connectivity index (χ3v) is 6.88. The van der Waals surface area contributed by atoms with Gasteiger partial charge in [-0.25, -0.2) is 0 Å². The minimum Gasteiger partial charge on any atom is -0.370 e. The zero-order valence-corrected chi connectivity index (χ0v) is 18.3. The lowest BCUT2D eigenvalue weighted by molar-refractivity contribution is -0.137. The Bertz CT molecular complexity index is 1110. The van der Waals surface area contributed by atoms with E-state index < -0.39 is 29.1 Å². The van der Waals surface area contributed by atoms with Crippen LogP contribution in [-0.2, 0) is 11.0 Å².